The van der Waals surface area contributed by atoms with Crippen LogP contribution in [0.3, 0.4) is 0 Å². The van der Waals surface area contributed by atoms with E-state index >= 15 is 0 Å². The van der Waals surface area contributed by atoms with Crippen LogP contribution in [0.25, 0.3) is 0 Å². The number of fused-ring (bicyclic) bond motifs is 2. The molecule has 0 atom stereocenters. The fourth-order valence-electron chi connectivity index (χ4n) is 5.17. The first kappa shape index (κ1) is 19.0. The molecule has 4 heterocycles. The number of nitrogens with zero attached hydrogens (tertiary/aromatic N) is 6. The Balaban J connectivity index is 1.18. The molecule has 0 aromatic carbocycles. The molecular formula is C22H32N6O. The summed E-state index contributed by atoms with van der Waals surface area (Å²) in [6.07, 6.45) is 11.5. The van der Waals surface area contributed by atoms with E-state index in [-0.39, 0.29) is 5.56 Å². The van der Waals surface area contributed by atoms with Gasteiger partial charge in [0.1, 0.15) is 11.6 Å². The number of piperidine rings is 1. The zero-order valence-electron chi connectivity index (χ0n) is 17.4. The largest absolute Gasteiger partial charge is 0.314 e. The highest BCUT2D eigenvalue weighted by molar-refractivity contribution is 5.20. The summed E-state index contributed by atoms with van der Waals surface area (Å²) >= 11 is 0. The summed E-state index contributed by atoms with van der Waals surface area (Å²) in [5.41, 5.74) is 2.42. The van der Waals surface area contributed by atoms with Crippen molar-refractivity contribution in [2.45, 2.75) is 83.8 Å². The summed E-state index contributed by atoms with van der Waals surface area (Å²) in [5.74, 6) is 2.84. The first-order valence-electron chi connectivity index (χ1n) is 11.5. The van der Waals surface area contributed by atoms with Crippen molar-refractivity contribution in [3.8, 4) is 0 Å². The molecule has 5 rings (SSSR count). The first-order chi connectivity index (χ1) is 14.3. The zero-order chi connectivity index (χ0) is 19.6. The minimum atomic E-state index is 0.0826. The van der Waals surface area contributed by atoms with E-state index in [1.807, 2.05) is 6.07 Å². The first-order valence-corrected chi connectivity index (χ1v) is 11.5. The Morgan fingerprint density at radius 1 is 0.931 bits per heavy atom. The lowest BCUT2D eigenvalue weighted by Crippen LogP contribution is -2.37. The summed E-state index contributed by atoms with van der Waals surface area (Å²) in [7, 11) is 0. The molecule has 7 heteroatoms. The summed E-state index contributed by atoms with van der Waals surface area (Å²) in [5, 5.41) is 13.6. The van der Waals surface area contributed by atoms with E-state index in [1.54, 1.807) is 4.68 Å². The van der Waals surface area contributed by atoms with Crippen LogP contribution in [0, 0.1) is 5.92 Å². The van der Waals surface area contributed by atoms with Crippen molar-refractivity contribution in [3.63, 3.8) is 0 Å². The quantitative estimate of drug-likeness (QED) is 0.794. The van der Waals surface area contributed by atoms with E-state index in [4.69, 9.17) is 5.10 Å². The lowest BCUT2D eigenvalue weighted by molar-refractivity contribution is 0.158. The second-order valence-electron chi connectivity index (χ2n) is 9.06. The van der Waals surface area contributed by atoms with Gasteiger partial charge in [-0.2, -0.15) is 5.10 Å². The topological polar surface area (TPSA) is 68.8 Å². The molecular weight excluding hydrogens is 364 g/mol. The van der Waals surface area contributed by atoms with Gasteiger partial charge in [-0.25, -0.2) is 4.68 Å². The monoisotopic (exact) mass is 396 g/mol. The molecule has 1 fully saturated rings. The van der Waals surface area contributed by atoms with Crippen LogP contribution in [-0.4, -0.2) is 42.5 Å². The average molecular weight is 397 g/mol. The van der Waals surface area contributed by atoms with Gasteiger partial charge in [0.2, 0.25) is 0 Å². The summed E-state index contributed by atoms with van der Waals surface area (Å²) in [4.78, 5) is 15.0. The van der Waals surface area contributed by atoms with E-state index in [0.717, 1.165) is 76.3 Å². The Labute approximate surface area is 172 Å². The third kappa shape index (κ3) is 4.15. The minimum Gasteiger partial charge on any atom is -0.314 e. The van der Waals surface area contributed by atoms with Gasteiger partial charge in [0.15, 0.2) is 0 Å². The lowest BCUT2D eigenvalue weighted by atomic mass is 9.96. The third-order valence-corrected chi connectivity index (χ3v) is 6.96. The van der Waals surface area contributed by atoms with Gasteiger partial charge in [-0.15, -0.1) is 10.2 Å². The van der Waals surface area contributed by atoms with Crippen LogP contribution in [-0.2, 0) is 38.9 Å². The number of likely N-dealkylation sites (tertiary alicyclic amines) is 1. The Hall–Kier alpha value is -2.02. The van der Waals surface area contributed by atoms with Crippen molar-refractivity contribution in [2.75, 3.05) is 13.1 Å². The lowest BCUT2D eigenvalue weighted by Gasteiger charge is -2.31. The summed E-state index contributed by atoms with van der Waals surface area (Å²) in [6.45, 7) is 4.86. The number of aromatic nitrogens is 5. The van der Waals surface area contributed by atoms with Crippen molar-refractivity contribution in [2.24, 2.45) is 5.92 Å². The van der Waals surface area contributed by atoms with Crippen molar-refractivity contribution >= 4 is 0 Å². The molecule has 2 aromatic heterocycles. The number of aryl methyl sites for hydroxylation is 3. The highest BCUT2D eigenvalue weighted by atomic mass is 16.1. The van der Waals surface area contributed by atoms with Crippen molar-refractivity contribution < 1.29 is 0 Å². The van der Waals surface area contributed by atoms with Crippen LogP contribution in [0.1, 0.15) is 67.9 Å². The molecule has 2 aromatic rings. The normalized spacial score (nSPS) is 20.8. The maximum atomic E-state index is 12.5. The minimum absolute atomic E-state index is 0.0826. The molecule has 0 saturated carbocycles. The number of rotatable bonds is 4. The molecule has 2 aliphatic heterocycles. The van der Waals surface area contributed by atoms with Gasteiger partial charge in [-0.1, -0.05) is 6.42 Å². The second kappa shape index (κ2) is 8.38. The SMILES string of the molecule is O=c1cc2c(nn1CC1CCN(Cc3nnc4n3CCCCC4)CC1)CCCC2. The molecule has 0 amide bonds. The maximum absolute atomic E-state index is 12.5. The zero-order valence-corrected chi connectivity index (χ0v) is 17.4. The van der Waals surface area contributed by atoms with Gasteiger partial charge in [-0.05, 0) is 75.9 Å². The van der Waals surface area contributed by atoms with Gasteiger partial charge < -0.3 is 4.57 Å². The van der Waals surface area contributed by atoms with E-state index in [2.05, 4.69) is 19.7 Å². The summed E-state index contributed by atoms with van der Waals surface area (Å²) in [6, 6.07) is 1.84. The average Bonchev–Trinajstić information content (AvgIpc) is 2.96. The Kier molecular flexibility index (Phi) is 5.48. The van der Waals surface area contributed by atoms with Crippen LogP contribution < -0.4 is 5.56 Å². The molecule has 0 radical (unpaired) electrons. The van der Waals surface area contributed by atoms with E-state index in [0.29, 0.717) is 5.92 Å². The maximum Gasteiger partial charge on any atom is 0.267 e. The second-order valence-corrected chi connectivity index (χ2v) is 9.06. The molecule has 0 bridgehead atoms. The van der Waals surface area contributed by atoms with Gasteiger partial charge in [0, 0.05) is 25.6 Å². The fraction of sp³-hybridized carbons (Fsp3) is 0.727. The van der Waals surface area contributed by atoms with E-state index < -0.39 is 0 Å². The molecule has 3 aliphatic rings. The standard InChI is InChI=1S/C22H32N6O/c29-22-14-18-6-3-4-7-19(18)25-28(22)15-17-9-12-26(13-10-17)16-21-24-23-20-8-2-1-5-11-27(20)21/h14,17H,1-13,15-16H2. The van der Waals surface area contributed by atoms with E-state index in [9.17, 15) is 4.79 Å². The molecule has 1 saturated heterocycles. The predicted molar refractivity (Wildman–Crippen MR) is 111 cm³/mol. The van der Waals surface area contributed by atoms with Crippen LogP contribution >= 0.6 is 0 Å². The Morgan fingerprint density at radius 3 is 2.66 bits per heavy atom. The Bertz CT molecular complexity index is 909. The molecule has 156 valence electrons. The van der Waals surface area contributed by atoms with Crippen LogP contribution in [0.4, 0.5) is 0 Å². The molecule has 1 aliphatic carbocycles. The van der Waals surface area contributed by atoms with Crippen LogP contribution in [0.15, 0.2) is 10.9 Å². The van der Waals surface area contributed by atoms with Crippen LogP contribution in [0.5, 0.6) is 0 Å². The highest BCUT2D eigenvalue weighted by Crippen LogP contribution is 2.22. The van der Waals surface area contributed by atoms with Gasteiger partial charge in [0.25, 0.3) is 5.56 Å². The summed E-state index contributed by atoms with van der Waals surface area (Å²) < 4.78 is 4.10. The van der Waals surface area contributed by atoms with Crippen molar-refractivity contribution in [1.29, 1.82) is 0 Å². The van der Waals surface area contributed by atoms with E-state index in [1.165, 1.54) is 43.5 Å². The van der Waals surface area contributed by atoms with Crippen LogP contribution in [0.2, 0.25) is 0 Å². The van der Waals surface area contributed by atoms with Gasteiger partial charge in [-0.3, -0.25) is 9.69 Å². The number of hydrogen-bond donors (Lipinski definition) is 0. The fourth-order valence-corrected chi connectivity index (χ4v) is 5.17. The van der Waals surface area contributed by atoms with Crippen molar-refractivity contribution in [1.82, 2.24) is 29.4 Å². The molecule has 0 spiro atoms. The highest BCUT2D eigenvalue weighted by Gasteiger charge is 2.23. The van der Waals surface area contributed by atoms with Crippen molar-refractivity contribution in [3.05, 3.63) is 39.3 Å². The molecule has 7 nitrogen and oxygen atoms in total. The Morgan fingerprint density at radius 2 is 1.76 bits per heavy atom. The smallest absolute Gasteiger partial charge is 0.267 e. The third-order valence-electron chi connectivity index (χ3n) is 6.96. The molecule has 0 N–H and O–H groups in total. The van der Waals surface area contributed by atoms with Gasteiger partial charge in [0.05, 0.1) is 12.2 Å². The number of hydrogen-bond acceptors (Lipinski definition) is 5. The van der Waals surface area contributed by atoms with Gasteiger partial charge >= 0.3 is 0 Å². The molecule has 0 unspecified atom stereocenters. The molecule has 29 heavy (non-hydrogen) atoms. The predicted octanol–water partition coefficient (Wildman–Crippen LogP) is 2.35.